The Balaban J connectivity index is 2.32. The number of hydrogen-bond acceptors (Lipinski definition) is 3. The maximum absolute atomic E-state index is 12.5. The molecule has 0 fully saturated rings. The van der Waals surface area contributed by atoms with Crippen molar-refractivity contribution in [2.75, 3.05) is 6.54 Å². The van der Waals surface area contributed by atoms with E-state index in [0.717, 1.165) is 23.7 Å². The van der Waals surface area contributed by atoms with Crippen molar-refractivity contribution in [2.45, 2.75) is 46.7 Å². The summed E-state index contributed by atoms with van der Waals surface area (Å²) in [6, 6.07) is 7.81. The summed E-state index contributed by atoms with van der Waals surface area (Å²) in [5.41, 5.74) is 0.0581. The van der Waals surface area contributed by atoms with Gasteiger partial charge < -0.3 is 5.32 Å². The van der Waals surface area contributed by atoms with Crippen molar-refractivity contribution in [3.05, 3.63) is 40.8 Å². The van der Waals surface area contributed by atoms with E-state index in [2.05, 4.69) is 38.1 Å². The highest BCUT2D eigenvalue weighted by atomic mass is 16.1. The lowest BCUT2D eigenvalue weighted by molar-refractivity contribution is 0.233. The van der Waals surface area contributed by atoms with Crippen LogP contribution in [0, 0.1) is 5.41 Å². The molecule has 1 N–H and O–H groups in total. The van der Waals surface area contributed by atoms with Gasteiger partial charge >= 0.3 is 0 Å². The van der Waals surface area contributed by atoms with Crippen molar-refractivity contribution in [3.8, 4) is 0 Å². The Morgan fingerprint density at radius 1 is 1.29 bits per heavy atom. The van der Waals surface area contributed by atoms with E-state index in [1.54, 1.807) is 10.9 Å². The second-order valence-electron chi connectivity index (χ2n) is 6.59. The third-order valence-corrected chi connectivity index (χ3v) is 3.80. The van der Waals surface area contributed by atoms with Gasteiger partial charge in [0, 0.05) is 11.4 Å². The van der Waals surface area contributed by atoms with E-state index in [4.69, 9.17) is 0 Å². The quantitative estimate of drug-likeness (QED) is 0.920. The van der Waals surface area contributed by atoms with Crippen molar-refractivity contribution in [1.82, 2.24) is 15.1 Å². The Morgan fingerprint density at radius 3 is 2.67 bits per heavy atom. The molecular weight excluding hydrogens is 262 g/mol. The summed E-state index contributed by atoms with van der Waals surface area (Å²) in [6.07, 6.45) is 2.85. The lowest BCUT2D eigenvalue weighted by Gasteiger charge is -2.31. The molecule has 114 valence electrons. The van der Waals surface area contributed by atoms with E-state index in [-0.39, 0.29) is 17.0 Å². The van der Waals surface area contributed by atoms with Gasteiger partial charge in [-0.25, -0.2) is 4.68 Å². The minimum absolute atomic E-state index is 0.0133. The molecule has 21 heavy (non-hydrogen) atoms. The van der Waals surface area contributed by atoms with Crippen LogP contribution in [-0.2, 0) is 6.54 Å². The van der Waals surface area contributed by atoms with Crippen molar-refractivity contribution in [2.24, 2.45) is 5.41 Å². The minimum atomic E-state index is -0.0133. The molecule has 1 heterocycles. The molecule has 0 aliphatic heterocycles. The molecular formula is C17H25N3O. The largest absolute Gasteiger partial charge is 0.312 e. The molecule has 0 bridgehead atoms. The molecule has 0 radical (unpaired) electrons. The average Bonchev–Trinajstić information content (AvgIpc) is 2.44. The predicted molar refractivity (Wildman–Crippen MR) is 87.5 cm³/mol. The van der Waals surface area contributed by atoms with Crippen molar-refractivity contribution in [3.63, 3.8) is 0 Å². The van der Waals surface area contributed by atoms with Crippen molar-refractivity contribution in [1.29, 1.82) is 0 Å². The van der Waals surface area contributed by atoms with Crippen LogP contribution < -0.4 is 10.9 Å². The Labute approximate surface area is 126 Å². The Kier molecular flexibility index (Phi) is 4.78. The van der Waals surface area contributed by atoms with E-state index < -0.39 is 0 Å². The van der Waals surface area contributed by atoms with Gasteiger partial charge in [-0.15, -0.1) is 0 Å². The molecule has 4 heteroatoms. The highest BCUT2D eigenvalue weighted by molar-refractivity contribution is 5.80. The summed E-state index contributed by atoms with van der Waals surface area (Å²) in [4.78, 5) is 12.5. The summed E-state index contributed by atoms with van der Waals surface area (Å²) < 4.78 is 1.58. The number of benzene rings is 1. The van der Waals surface area contributed by atoms with Crippen LogP contribution in [0.1, 0.15) is 34.1 Å². The van der Waals surface area contributed by atoms with Crippen LogP contribution in [0.2, 0.25) is 0 Å². The zero-order chi connectivity index (χ0) is 15.5. The fourth-order valence-corrected chi connectivity index (χ4v) is 2.39. The third kappa shape index (κ3) is 3.70. The van der Waals surface area contributed by atoms with Crippen molar-refractivity contribution < 1.29 is 0 Å². The molecule has 0 saturated carbocycles. The summed E-state index contributed by atoms with van der Waals surface area (Å²) in [5, 5.41) is 9.49. The summed E-state index contributed by atoms with van der Waals surface area (Å²) in [5.74, 6) is 0. The van der Waals surface area contributed by atoms with E-state index in [1.165, 1.54) is 0 Å². The topological polar surface area (TPSA) is 46.9 Å². The second kappa shape index (κ2) is 6.39. The third-order valence-electron chi connectivity index (χ3n) is 3.80. The monoisotopic (exact) mass is 287 g/mol. The number of rotatable bonds is 5. The highest BCUT2D eigenvalue weighted by Gasteiger charge is 2.25. The van der Waals surface area contributed by atoms with E-state index >= 15 is 0 Å². The molecule has 0 spiro atoms. The Morgan fingerprint density at radius 2 is 2.00 bits per heavy atom. The fourth-order valence-electron chi connectivity index (χ4n) is 2.39. The molecule has 0 aliphatic carbocycles. The van der Waals surface area contributed by atoms with Crippen LogP contribution in [0.5, 0.6) is 0 Å². The van der Waals surface area contributed by atoms with Gasteiger partial charge in [0.1, 0.15) is 0 Å². The maximum Gasteiger partial charge on any atom is 0.274 e. The molecule has 1 unspecified atom stereocenters. The molecule has 1 aromatic carbocycles. The first-order valence-electron chi connectivity index (χ1n) is 7.61. The molecule has 1 aromatic heterocycles. The number of fused-ring (bicyclic) bond motifs is 1. The Bertz CT molecular complexity index is 655. The van der Waals surface area contributed by atoms with Crippen LogP contribution >= 0.6 is 0 Å². The van der Waals surface area contributed by atoms with Crippen LogP contribution in [-0.4, -0.2) is 22.4 Å². The number of nitrogens with one attached hydrogen (secondary N) is 1. The fraction of sp³-hybridized carbons (Fsp3) is 0.529. The van der Waals surface area contributed by atoms with Gasteiger partial charge in [-0.3, -0.25) is 4.79 Å². The smallest absolute Gasteiger partial charge is 0.274 e. The lowest BCUT2D eigenvalue weighted by atomic mass is 9.86. The average molecular weight is 287 g/mol. The summed E-state index contributed by atoms with van der Waals surface area (Å²) in [6.45, 7) is 10.2. The molecule has 0 aliphatic rings. The zero-order valence-corrected chi connectivity index (χ0v) is 13.4. The number of nitrogens with zero attached hydrogens (tertiary/aromatic N) is 2. The molecule has 0 amide bonds. The van der Waals surface area contributed by atoms with Crippen LogP contribution in [0.25, 0.3) is 10.8 Å². The molecule has 4 nitrogen and oxygen atoms in total. The summed E-state index contributed by atoms with van der Waals surface area (Å²) >= 11 is 0. The second-order valence-corrected chi connectivity index (χ2v) is 6.59. The number of aromatic nitrogens is 2. The molecule has 1 atom stereocenters. The first kappa shape index (κ1) is 15.7. The molecule has 0 saturated heterocycles. The van der Waals surface area contributed by atoms with Gasteiger partial charge in [-0.2, -0.15) is 5.10 Å². The Hall–Kier alpha value is -1.68. The predicted octanol–water partition coefficient (Wildman–Crippen LogP) is 2.81. The van der Waals surface area contributed by atoms with E-state index in [1.807, 2.05) is 24.3 Å². The van der Waals surface area contributed by atoms with Crippen LogP contribution in [0.3, 0.4) is 0 Å². The molecule has 2 aromatic rings. The van der Waals surface area contributed by atoms with Gasteiger partial charge in [0.05, 0.1) is 18.1 Å². The lowest BCUT2D eigenvalue weighted by Crippen LogP contribution is -2.46. The maximum atomic E-state index is 12.5. The number of hydrogen-bond donors (Lipinski definition) is 1. The normalized spacial score (nSPS) is 13.5. The van der Waals surface area contributed by atoms with E-state index in [9.17, 15) is 4.79 Å². The first-order valence-corrected chi connectivity index (χ1v) is 7.61. The van der Waals surface area contributed by atoms with Crippen molar-refractivity contribution >= 4 is 10.8 Å². The SMILES string of the molecule is CCCNC(Cn1ncc2ccccc2c1=O)C(C)(C)C. The van der Waals surface area contributed by atoms with E-state index in [0.29, 0.717) is 6.54 Å². The minimum Gasteiger partial charge on any atom is -0.312 e. The van der Waals surface area contributed by atoms with Gasteiger partial charge in [-0.05, 0) is 24.4 Å². The van der Waals surface area contributed by atoms with Crippen LogP contribution in [0.4, 0.5) is 0 Å². The van der Waals surface area contributed by atoms with Crippen LogP contribution in [0.15, 0.2) is 35.3 Å². The van der Waals surface area contributed by atoms with Gasteiger partial charge in [0.15, 0.2) is 0 Å². The van der Waals surface area contributed by atoms with Gasteiger partial charge in [0.25, 0.3) is 5.56 Å². The van der Waals surface area contributed by atoms with Gasteiger partial charge in [0.2, 0.25) is 0 Å². The standard InChI is InChI=1S/C17H25N3O/c1-5-10-18-15(17(2,3)4)12-20-16(21)14-9-7-6-8-13(14)11-19-20/h6-9,11,15,18H,5,10,12H2,1-4H3. The summed E-state index contributed by atoms with van der Waals surface area (Å²) in [7, 11) is 0. The zero-order valence-electron chi connectivity index (χ0n) is 13.4. The molecule has 2 rings (SSSR count). The highest BCUT2D eigenvalue weighted by Crippen LogP contribution is 2.20. The first-order chi connectivity index (χ1) is 9.93. The van der Waals surface area contributed by atoms with Gasteiger partial charge in [-0.1, -0.05) is 45.9 Å².